The maximum atomic E-state index is 12.6. The monoisotopic (exact) mass is 311 g/mol. The number of nitrogens with one attached hydrogen (secondary N) is 1. The van der Waals surface area contributed by atoms with Crippen LogP contribution in [0.3, 0.4) is 0 Å². The van der Waals surface area contributed by atoms with Gasteiger partial charge in [0, 0.05) is 12.1 Å². The highest BCUT2D eigenvalue weighted by Crippen LogP contribution is 2.36. The molecule has 1 amide bonds. The van der Waals surface area contributed by atoms with Crippen LogP contribution in [0, 0.1) is 5.41 Å². The Balaban J connectivity index is 1.79. The molecule has 0 aliphatic heterocycles. The van der Waals surface area contributed by atoms with Crippen LogP contribution in [0.2, 0.25) is 0 Å². The SMILES string of the molecule is O=C(NCC1(C(=O)O)CCCCC1)c1cccc2ccccc12. The zero-order chi connectivity index (χ0) is 16.3. The molecule has 0 saturated heterocycles. The smallest absolute Gasteiger partial charge is 0.311 e. The third kappa shape index (κ3) is 3.07. The molecule has 4 heteroatoms. The Hall–Kier alpha value is -2.36. The van der Waals surface area contributed by atoms with E-state index in [1.165, 1.54) is 0 Å². The van der Waals surface area contributed by atoms with E-state index in [-0.39, 0.29) is 12.5 Å². The van der Waals surface area contributed by atoms with Gasteiger partial charge >= 0.3 is 5.97 Å². The molecular formula is C19H21NO3. The second kappa shape index (κ2) is 6.41. The third-order valence-corrected chi connectivity index (χ3v) is 4.89. The topological polar surface area (TPSA) is 66.4 Å². The van der Waals surface area contributed by atoms with E-state index in [0.29, 0.717) is 18.4 Å². The van der Waals surface area contributed by atoms with Gasteiger partial charge in [-0.15, -0.1) is 0 Å². The van der Waals surface area contributed by atoms with Gasteiger partial charge in [-0.05, 0) is 29.7 Å². The van der Waals surface area contributed by atoms with Gasteiger partial charge in [-0.2, -0.15) is 0 Å². The number of carboxylic acid groups (broad SMARTS) is 1. The largest absolute Gasteiger partial charge is 0.481 e. The minimum absolute atomic E-state index is 0.199. The zero-order valence-electron chi connectivity index (χ0n) is 13.0. The van der Waals surface area contributed by atoms with Crippen molar-refractivity contribution in [3.8, 4) is 0 Å². The summed E-state index contributed by atoms with van der Waals surface area (Å²) in [6.45, 7) is 0.199. The Bertz CT molecular complexity index is 727. The molecule has 2 aromatic carbocycles. The van der Waals surface area contributed by atoms with Crippen molar-refractivity contribution < 1.29 is 14.7 Å². The van der Waals surface area contributed by atoms with Crippen LogP contribution < -0.4 is 5.32 Å². The second-order valence-electron chi connectivity index (χ2n) is 6.36. The van der Waals surface area contributed by atoms with Crippen LogP contribution >= 0.6 is 0 Å². The predicted molar refractivity (Wildman–Crippen MR) is 89.4 cm³/mol. The Morgan fingerprint density at radius 1 is 1.00 bits per heavy atom. The van der Waals surface area contributed by atoms with E-state index in [4.69, 9.17) is 0 Å². The van der Waals surface area contributed by atoms with Crippen molar-refractivity contribution in [3.63, 3.8) is 0 Å². The molecule has 0 unspecified atom stereocenters. The predicted octanol–water partition coefficient (Wildman–Crippen LogP) is 3.60. The molecule has 3 rings (SSSR count). The lowest BCUT2D eigenvalue weighted by Gasteiger charge is -2.33. The van der Waals surface area contributed by atoms with E-state index in [2.05, 4.69) is 5.32 Å². The Labute approximate surface area is 135 Å². The van der Waals surface area contributed by atoms with Crippen LogP contribution in [0.15, 0.2) is 42.5 Å². The van der Waals surface area contributed by atoms with Gasteiger partial charge in [0.15, 0.2) is 0 Å². The van der Waals surface area contributed by atoms with Crippen molar-refractivity contribution in [1.82, 2.24) is 5.32 Å². The zero-order valence-corrected chi connectivity index (χ0v) is 13.0. The van der Waals surface area contributed by atoms with E-state index in [9.17, 15) is 14.7 Å². The maximum Gasteiger partial charge on any atom is 0.311 e. The van der Waals surface area contributed by atoms with Crippen LogP contribution in [-0.2, 0) is 4.79 Å². The number of hydrogen-bond donors (Lipinski definition) is 2. The molecule has 0 bridgehead atoms. The molecule has 0 aromatic heterocycles. The quantitative estimate of drug-likeness (QED) is 0.906. The Morgan fingerprint density at radius 3 is 2.43 bits per heavy atom. The van der Waals surface area contributed by atoms with Gasteiger partial charge in [0.2, 0.25) is 0 Å². The molecule has 0 radical (unpaired) electrons. The highest BCUT2D eigenvalue weighted by Gasteiger charge is 2.39. The van der Waals surface area contributed by atoms with Crippen molar-refractivity contribution >= 4 is 22.6 Å². The fraction of sp³-hybridized carbons (Fsp3) is 0.368. The molecule has 0 atom stereocenters. The molecule has 1 aliphatic rings. The third-order valence-electron chi connectivity index (χ3n) is 4.89. The lowest BCUT2D eigenvalue weighted by molar-refractivity contribution is -0.150. The highest BCUT2D eigenvalue weighted by molar-refractivity contribution is 6.07. The minimum Gasteiger partial charge on any atom is -0.481 e. The Morgan fingerprint density at radius 2 is 1.70 bits per heavy atom. The van der Waals surface area contributed by atoms with Crippen molar-refractivity contribution in [2.45, 2.75) is 32.1 Å². The van der Waals surface area contributed by atoms with Gasteiger partial charge in [0.25, 0.3) is 5.91 Å². The number of amides is 1. The van der Waals surface area contributed by atoms with Gasteiger partial charge in [0.05, 0.1) is 5.41 Å². The van der Waals surface area contributed by atoms with Crippen molar-refractivity contribution in [2.24, 2.45) is 5.41 Å². The molecular weight excluding hydrogens is 290 g/mol. The maximum absolute atomic E-state index is 12.6. The number of rotatable bonds is 4. The summed E-state index contributed by atoms with van der Waals surface area (Å²) in [6.07, 6.45) is 4.18. The summed E-state index contributed by atoms with van der Waals surface area (Å²) in [5.74, 6) is -0.997. The number of aliphatic carboxylic acids is 1. The van der Waals surface area contributed by atoms with Gasteiger partial charge < -0.3 is 10.4 Å². The highest BCUT2D eigenvalue weighted by atomic mass is 16.4. The average molecular weight is 311 g/mol. The van der Waals surface area contributed by atoms with Crippen LogP contribution in [0.25, 0.3) is 10.8 Å². The van der Waals surface area contributed by atoms with E-state index in [0.717, 1.165) is 30.0 Å². The molecule has 23 heavy (non-hydrogen) atoms. The number of carbonyl (C=O) groups is 2. The summed E-state index contributed by atoms with van der Waals surface area (Å²) in [7, 11) is 0. The van der Waals surface area contributed by atoms with Gasteiger partial charge in [-0.3, -0.25) is 9.59 Å². The first-order chi connectivity index (χ1) is 11.1. The number of benzene rings is 2. The summed E-state index contributed by atoms with van der Waals surface area (Å²) in [4.78, 5) is 24.2. The molecule has 0 heterocycles. The van der Waals surface area contributed by atoms with E-state index >= 15 is 0 Å². The molecule has 0 spiro atoms. The van der Waals surface area contributed by atoms with Crippen molar-refractivity contribution in [1.29, 1.82) is 0 Å². The minimum atomic E-state index is -0.807. The average Bonchev–Trinajstić information content (AvgIpc) is 2.60. The molecule has 2 N–H and O–H groups in total. The number of carboxylic acids is 1. The van der Waals surface area contributed by atoms with E-state index in [1.54, 1.807) is 6.07 Å². The van der Waals surface area contributed by atoms with Gasteiger partial charge in [-0.1, -0.05) is 55.7 Å². The summed E-state index contributed by atoms with van der Waals surface area (Å²) >= 11 is 0. The van der Waals surface area contributed by atoms with Crippen molar-refractivity contribution in [3.05, 3.63) is 48.0 Å². The fourth-order valence-corrected chi connectivity index (χ4v) is 3.46. The lowest BCUT2D eigenvalue weighted by atomic mass is 9.74. The van der Waals surface area contributed by atoms with Gasteiger partial charge in [0.1, 0.15) is 0 Å². The summed E-state index contributed by atoms with van der Waals surface area (Å²) in [5.41, 5.74) is -0.210. The fourth-order valence-electron chi connectivity index (χ4n) is 3.46. The number of fused-ring (bicyclic) bond motifs is 1. The van der Waals surface area contributed by atoms with Crippen LogP contribution in [0.4, 0.5) is 0 Å². The number of hydrogen-bond acceptors (Lipinski definition) is 2. The van der Waals surface area contributed by atoms with Gasteiger partial charge in [-0.25, -0.2) is 0 Å². The lowest BCUT2D eigenvalue weighted by Crippen LogP contribution is -2.44. The molecule has 4 nitrogen and oxygen atoms in total. The molecule has 1 aliphatic carbocycles. The molecule has 1 saturated carbocycles. The van der Waals surface area contributed by atoms with Crippen LogP contribution in [-0.4, -0.2) is 23.5 Å². The summed E-state index contributed by atoms with van der Waals surface area (Å²) in [6, 6.07) is 13.3. The van der Waals surface area contributed by atoms with Crippen LogP contribution in [0.1, 0.15) is 42.5 Å². The molecule has 1 fully saturated rings. The first-order valence-corrected chi connectivity index (χ1v) is 8.12. The van der Waals surface area contributed by atoms with Crippen LogP contribution in [0.5, 0.6) is 0 Å². The standard InChI is InChI=1S/C19H21NO3/c21-17(16-10-6-8-14-7-2-3-9-15(14)16)20-13-19(18(22)23)11-4-1-5-12-19/h2-3,6-10H,1,4-5,11-13H2,(H,20,21)(H,22,23). The normalized spacial score (nSPS) is 16.9. The van der Waals surface area contributed by atoms with E-state index in [1.807, 2.05) is 36.4 Å². The second-order valence-corrected chi connectivity index (χ2v) is 6.36. The van der Waals surface area contributed by atoms with Crippen molar-refractivity contribution in [2.75, 3.05) is 6.54 Å². The summed E-state index contributed by atoms with van der Waals surface area (Å²) < 4.78 is 0. The number of carbonyl (C=O) groups excluding carboxylic acids is 1. The first kappa shape index (κ1) is 15.5. The first-order valence-electron chi connectivity index (χ1n) is 8.12. The summed E-state index contributed by atoms with van der Waals surface area (Å²) in [5, 5.41) is 14.4. The van der Waals surface area contributed by atoms with E-state index < -0.39 is 11.4 Å². The molecule has 2 aromatic rings. The Kier molecular flexibility index (Phi) is 4.33. The molecule has 120 valence electrons.